The zero-order valence-corrected chi connectivity index (χ0v) is 20.6. The molecule has 1 N–H and O–H groups in total. The lowest BCUT2D eigenvalue weighted by molar-refractivity contribution is -0.140. The van der Waals surface area contributed by atoms with Crippen LogP contribution in [0, 0.1) is 6.92 Å². The number of amides is 2. The Morgan fingerprint density at radius 3 is 2.47 bits per heavy atom. The Morgan fingerprint density at radius 2 is 1.83 bits per heavy atom. The van der Waals surface area contributed by atoms with Gasteiger partial charge in [-0.05, 0) is 57.0 Å². The Kier molecular flexibility index (Phi) is 9.92. The minimum atomic E-state index is -0.533. The molecule has 4 nitrogen and oxygen atoms in total. The molecule has 2 rings (SSSR count). The molecular formula is C24H31BrN2O2S. The van der Waals surface area contributed by atoms with Crippen LogP contribution in [0.15, 0.2) is 57.9 Å². The highest BCUT2D eigenvalue weighted by molar-refractivity contribution is 9.10. The molecule has 0 fully saturated rings. The zero-order chi connectivity index (χ0) is 22.1. The molecule has 0 saturated carbocycles. The summed E-state index contributed by atoms with van der Waals surface area (Å²) >= 11 is 5.15. The van der Waals surface area contributed by atoms with E-state index in [1.807, 2.05) is 38.1 Å². The normalized spacial score (nSPS) is 12.8. The number of halogens is 1. The lowest BCUT2D eigenvalue weighted by Crippen LogP contribution is -2.49. The number of carbonyl (C=O) groups excluding carboxylic acids is 2. The van der Waals surface area contributed by atoms with Crippen molar-refractivity contribution in [1.82, 2.24) is 10.2 Å². The molecule has 0 heterocycles. The Hall–Kier alpha value is -1.79. The van der Waals surface area contributed by atoms with Crippen LogP contribution in [0.3, 0.4) is 0 Å². The van der Waals surface area contributed by atoms with E-state index in [1.165, 1.54) is 5.56 Å². The van der Waals surface area contributed by atoms with Crippen molar-refractivity contribution < 1.29 is 9.59 Å². The van der Waals surface area contributed by atoms with Crippen molar-refractivity contribution in [3.05, 3.63) is 64.1 Å². The molecule has 0 aliphatic carbocycles. The van der Waals surface area contributed by atoms with Gasteiger partial charge in [-0.25, -0.2) is 0 Å². The van der Waals surface area contributed by atoms with E-state index in [9.17, 15) is 9.59 Å². The van der Waals surface area contributed by atoms with E-state index in [1.54, 1.807) is 23.6 Å². The van der Waals surface area contributed by atoms with Crippen molar-refractivity contribution in [3.8, 4) is 0 Å². The topological polar surface area (TPSA) is 49.4 Å². The van der Waals surface area contributed by atoms with Gasteiger partial charge in [-0.15, -0.1) is 11.8 Å². The SMILES string of the molecule is CC[C@H](C)NC(=O)[C@@H](C)N(Cc1cccc(Br)c1)C(=O)CCSc1ccc(C)cc1. The standard InChI is InChI=1S/C24H31BrN2O2S/c1-5-18(3)26-24(29)19(4)27(16-20-7-6-8-21(25)15-20)23(28)13-14-30-22-11-9-17(2)10-12-22/h6-12,15,18-19H,5,13-14,16H2,1-4H3,(H,26,29)/t18-,19+/m0/s1. The van der Waals surface area contributed by atoms with Gasteiger partial charge in [0.05, 0.1) is 0 Å². The summed E-state index contributed by atoms with van der Waals surface area (Å²) in [7, 11) is 0. The number of hydrogen-bond donors (Lipinski definition) is 1. The van der Waals surface area contributed by atoms with E-state index >= 15 is 0 Å². The number of carbonyl (C=O) groups is 2. The minimum Gasteiger partial charge on any atom is -0.352 e. The van der Waals surface area contributed by atoms with Gasteiger partial charge in [-0.2, -0.15) is 0 Å². The fourth-order valence-corrected chi connectivity index (χ4v) is 4.20. The molecule has 2 aromatic rings. The number of nitrogens with zero attached hydrogens (tertiary/aromatic N) is 1. The first-order valence-electron chi connectivity index (χ1n) is 10.3. The van der Waals surface area contributed by atoms with Crippen molar-refractivity contribution in [2.24, 2.45) is 0 Å². The molecule has 0 aliphatic heterocycles. The Bertz CT molecular complexity index is 841. The van der Waals surface area contributed by atoms with Gasteiger partial charge < -0.3 is 10.2 Å². The van der Waals surface area contributed by atoms with Crippen molar-refractivity contribution in [2.45, 2.75) is 64.1 Å². The Labute approximate surface area is 192 Å². The maximum Gasteiger partial charge on any atom is 0.242 e. The van der Waals surface area contributed by atoms with Crippen molar-refractivity contribution in [3.63, 3.8) is 0 Å². The van der Waals surface area contributed by atoms with Gasteiger partial charge in [-0.1, -0.05) is 52.7 Å². The second-order valence-electron chi connectivity index (χ2n) is 7.56. The number of rotatable bonds is 10. The van der Waals surface area contributed by atoms with Crippen LogP contribution in [-0.4, -0.2) is 34.6 Å². The predicted molar refractivity (Wildman–Crippen MR) is 129 cm³/mol. The van der Waals surface area contributed by atoms with Crippen LogP contribution in [0.5, 0.6) is 0 Å². The van der Waals surface area contributed by atoms with Gasteiger partial charge >= 0.3 is 0 Å². The number of benzene rings is 2. The predicted octanol–water partition coefficient (Wildman–Crippen LogP) is 5.57. The summed E-state index contributed by atoms with van der Waals surface area (Å²) in [6, 6.07) is 15.7. The van der Waals surface area contributed by atoms with Gasteiger partial charge in [0.15, 0.2) is 0 Å². The quantitative estimate of drug-likeness (QED) is 0.442. The monoisotopic (exact) mass is 490 g/mol. The van der Waals surface area contributed by atoms with Gasteiger partial charge in [-0.3, -0.25) is 9.59 Å². The third-order valence-corrected chi connectivity index (χ3v) is 6.52. The third kappa shape index (κ3) is 7.80. The lowest BCUT2D eigenvalue weighted by atomic mass is 10.1. The van der Waals surface area contributed by atoms with Gasteiger partial charge in [0.1, 0.15) is 6.04 Å². The van der Waals surface area contributed by atoms with Crippen molar-refractivity contribution in [2.75, 3.05) is 5.75 Å². The third-order valence-electron chi connectivity index (χ3n) is 5.02. The Balaban J connectivity index is 2.07. The molecule has 0 aromatic heterocycles. The van der Waals surface area contributed by atoms with Gasteiger partial charge in [0.2, 0.25) is 11.8 Å². The summed E-state index contributed by atoms with van der Waals surface area (Å²) < 4.78 is 0.957. The molecule has 0 radical (unpaired) electrons. The fourth-order valence-electron chi connectivity index (χ4n) is 2.91. The van der Waals surface area contributed by atoms with Crippen LogP contribution in [-0.2, 0) is 16.1 Å². The first-order chi connectivity index (χ1) is 14.3. The summed E-state index contributed by atoms with van der Waals surface area (Å²) in [5, 5.41) is 3.00. The molecule has 0 unspecified atom stereocenters. The van der Waals surface area contributed by atoms with Gasteiger partial charge in [0.25, 0.3) is 0 Å². The first kappa shape index (κ1) is 24.5. The molecule has 0 saturated heterocycles. The van der Waals surface area contributed by atoms with E-state index in [4.69, 9.17) is 0 Å². The highest BCUT2D eigenvalue weighted by Crippen LogP contribution is 2.21. The molecule has 6 heteroatoms. The van der Waals surface area contributed by atoms with Crippen LogP contribution in [0.1, 0.15) is 44.7 Å². The second-order valence-corrected chi connectivity index (χ2v) is 9.64. The second kappa shape index (κ2) is 12.2. The van der Waals surface area contributed by atoms with E-state index in [2.05, 4.69) is 52.4 Å². The molecule has 0 bridgehead atoms. The van der Waals surface area contributed by atoms with E-state index in [0.29, 0.717) is 18.7 Å². The first-order valence-corrected chi connectivity index (χ1v) is 12.1. The van der Waals surface area contributed by atoms with Crippen molar-refractivity contribution >= 4 is 39.5 Å². The van der Waals surface area contributed by atoms with E-state index in [-0.39, 0.29) is 17.9 Å². The fraction of sp³-hybridized carbons (Fsp3) is 0.417. The van der Waals surface area contributed by atoms with Crippen LogP contribution in [0.2, 0.25) is 0 Å². The van der Waals surface area contributed by atoms with Crippen molar-refractivity contribution in [1.29, 1.82) is 0 Å². The number of aryl methyl sites for hydroxylation is 1. The molecule has 0 aliphatic rings. The van der Waals surface area contributed by atoms with E-state index in [0.717, 1.165) is 21.4 Å². The Morgan fingerprint density at radius 1 is 1.13 bits per heavy atom. The summed E-state index contributed by atoms with van der Waals surface area (Å²) in [6.45, 7) is 8.28. The summed E-state index contributed by atoms with van der Waals surface area (Å²) in [4.78, 5) is 28.7. The minimum absolute atomic E-state index is 0.0126. The summed E-state index contributed by atoms with van der Waals surface area (Å²) in [6.07, 6.45) is 1.23. The maximum absolute atomic E-state index is 13.1. The summed E-state index contributed by atoms with van der Waals surface area (Å²) in [5.41, 5.74) is 2.21. The van der Waals surface area contributed by atoms with E-state index < -0.39 is 6.04 Å². The molecule has 162 valence electrons. The summed E-state index contributed by atoms with van der Waals surface area (Å²) in [5.74, 6) is 0.552. The largest absolute Gasteiger partial charge is 0.352 e. The highest BCUT2D eigenvalue weighted by atomic mass is 79.9. The molecule has 2 atom stereocenters. The number of hydrogen-bond acceptors (Lipinski definition) is 3. The highest BCUT2D eigenvalue weighted by Gasteiger charge is 2.26. The molecule has 2 aromatic carbocycles. The molecular weight excluding hydrogens is 460 g/mol. The molecule has 30 heavy (non-hydrogen) atoms. The average Bonchev–Trinajstić information content (AvgIpc) is 2.72. The lowest BCUT2D eigenvalue weighted by Gasteiger charge is -2.29. The number of nitrogens with one attached hydrogen (secondary N) is 1. The maximum atomic E-state index is 13.1. The zero-order valence-electron chi connectivity index (χ0n) is 18.2. The van der Waals surface area contributed by atoms with Crippen LogP contribution >= 0.6 is 27.7 Å². The van der Waals surface area contributed by atoms with Crippen LogP contribution in [0.4, 0.5) is 0 Å². The number of thioether (sulfide) groups is 1. The average molecular weight is 491 g/mol. The molecule has 0 spiro atoms. The van der Waals surface area contributed by atoms with Gasteiger partial charge in [0, 0.05) is 34.1 Å². The van der Waals surface area contributed by atoms with Crippen LogP contribution in [0.25, 0.3) is 0 Å². The molecule has 2 amide bonds. The van der Waals surface area contributed by atoms with Crippen LogP contribution < -0.4 is 5.32 Å². The smallest absolute Gasteiger partial charge is 0.242 e.